The third kappa shape index (κ3) is 2.31. The molecule has 2 heterocycles. The number of hydrogen-bond donors (Lipinski definition) is 0. The number of nitrogens with zero attached hydrogens (tertiary/aromatic N) is 2. The van der Waals surface area contributed by atoms with Crippen LogP contribution in [0, 0.1) is 0 Å². The molecule has 0 aromatic rings. The molecule has 2 saturated heterocycles. The standard InChI is InChI=1S/C11H20F2N2/c1-10(2,3)15-5-4-9(6-15)14-7-11(12,13)8-14/h9H,4-8H2,1-3H3/t9-/m0/s1. The van der Waals surface area contributed by atoms with Gasteiger partial charge in [0.25, 0.3) is 5.92 Å². The van der Waals surface area contributed by atoms with E-state index in [0.717, 1.165) is 19.5 Å². The second-order valence-corrected chi connectivity index (χ2v) is 5.82. The average molecular weight is 218 g/mol. The van der Waals surface area contributed by atoms with Crippen molar-refractivity contribution >= 4 is 0 Å². The van der Waals surface area contributed by atoms with Crippen LogP contribution in [0.5, 0.6) is 0 Å². The first-order valence-electron chi connectivity index (χ1n) is 5.65. The second-order valence-electron chi connectivity index (χ2n) is 5.82. The zero-order valence-corrected chi connectivity index (χ0v) is 9.76. The van der Waals surface area contributed by atoms with Gasteiger partial charge >= 0.3 is 0 Å². The fourth-order valence-corrected chi connectivity index (χ4v) is 2.46. The van der Waals surface area contributed by atoms with E-state index in [1.807, 2.05) is 4.90 Å². The molecule has 0 amide bonds. The van der Waals surface area contributed by atoms with Crippen LogP contribution in [0.2, 0.25) is 0 Å². The summed E-state index contributed by atoms with van der Waals surface area (Å²) >= 11 is 0. The molecule has 0 N–H and O–H groups in total. The maximum atomic E-state index is 12.7. The van der Waals surface area contributed by atoms with E-state index < -0.39 is 5.92 Å². The molecule has 0 spiro atoms. The minimum atomic E-state index is -2.42. The van der Waals surface area contributed by atoms with E-state index in [9.17, 15) is 8.78 Å². The van der Waals surface area contributed by atoms with Gasteiger partial charge in [-0.1, -0.05) is 0 Å². The van der Waals surface area contributed by atoms with Crippen LogP contribution in [-0.2, 0) is 0 Å². The number of halogens is 2. The van der Waals surface area contributed by atoms with E-state index in [4.69, 9.17) is 0 Å². The molecule has 0 unspecified atom stereocenters. The van der Waals surface area contributed by atoms with Gasteiger partial charge in [-0.2, -0.15) is 0 Å². The Balaban J connectivity index is 1.84. The Morgan fingerprint density at radius 3 is 2.20 bits per heavy atom. The molecule has 0 radical (unpaired) electrons. The summed E-state index contributed by atoms with van der Waals surface area (Å²) in [5.74, 6) is -2.42. The average Bonchev–Trinajstić information content (AvgIpc) is 2.45. The molecule has 15 heavy (non-hydrogen) atoms. The van der Waals surface area contributed by atoms with E-state index in [1.54, 1.807) is 0 Å². The highest BCUT2D eigenvalue weighted by molar-refractivity contribution is 4.96. The Morgan fingerprint density at radius 2 is 1.80 bits per heavy atom. The molecule has 1 atom stereocenters. The summed E-state index contributed by atoms with van der Waals surface area (Å²) in [6.45, 7) is 8.46. The molecule has 2 rings (SSSR count). The molecule has 88 valence electrons. The van der Waals surface area contributed by atoms with E-state index >= 15 is 0 Å². The predicted octanol–water partition coefficient (Wildman–Crippen LogP) is 1.81. The molecule has 2 aliphatic heterocycles. The van der Waals surface area contributed by atoms with Crippen LogP contribution in [0.25, 0.3) is 0 Å². The molecule has 2 fully saturated rings. The van der Waals surface area contributed by atoms with Gasteiger partial charge in [0.05, 0.1) is 13.1 Å². The van der Waals surface area contributed by atoms with Crippen molar-refractivity contribution in [1.29, 1.82) is 0 Å². The van der Waals surface area contributed by atoms with E-state index in [0.29, 0.717) is 6.04 Å². The highest BCUT2D eigenvalue weighted by Gasteiger charge is 2.48. The number of hydrogen-bond acceptors (Lipinski definition) is 2. The molecule has 2 aliphatic rings. The van der Waals surface area contributed by atoms with Crippen molar-refractivity contribution < 1.29 is 8.78 Å². The van der Waals surface area contributed by atoms with Gasteiger partial charge in [-0.15, -0.1) is 0 Å². The maximum Gasteiger partial charge on any atom is 0.272 e. The first-order chi connectivity index (χ1) is 6.78. The lowest BCUT2D eigenvalue weighted by Gasteiger charge is -2.43. The molecule has 0 bridgehead atoms. The smallest absolute Gasteiger partial charge is 0.272 e. The van der Waals surface area contributed by atoms with Crippen molar-refractivity contribution in [3.63, 3.8) is 0 Å². The summed E-state index contributed by atoms with van der Waals surface area (Å²) in [7, 11) is 0. The molecule has 0 aromatic heterocycles. The Bertz CT molecular complexity index is 239. The minimum absolute atomic E-state index is 0.0321. The Kier molecular flexibility index (Phi) is 2.54. The Labute approximate surface area is 90.2 Å². The summed E-state index contributed by atoms with van der Waals surface area (Å²) < 4.78 is 25.4. The fourth-order valence-electron chi connectivity index (χ4n) is 2.46. The maximum absolute atomic E-state index is 12.7. The number of alkyl halides is 2. The third-order valence-electron chi connectivity index (χ3n) is 3.50. The lowest BCUT2D eigenvalue weighted by atomic mass is 10.1. The highest BCUT2D eigenvalue weighted by Crippen LogP contribution is 2.32. The summed E-state index contributed by atoms with van der Waals surface area (Å²) in [4.78, 5) is 4.31. The molecule has 0 aliphatic carbocycles. The van der Waals surface area contributed by atoms with Crippen molar-refractivity contribution in [1.82, 2.24) is 9.80 Å². The lowest BCUT2D eigenvalue weighted by Crippen LogP contribution is -2.60. The van der Waals surface area contributed by atoms with Gasteiger partial charge in [-0.05, 0) is 27.2 Å². The van der Waals surface area contributed by atoms with Gasteiger partial charge in [0.1, 0.15) is 0 Å². The molecule has 4 heteroatoms. The number of rotatable bonds is 1. The normalized spacial score (nSPS) is 33.0. The monoisotopic (exact) mass is 218 g/mol. The van der Waals surface area contributed by atoms with Crippen LogP contribution in [0.3, 0.4) is 0 Å². The molecule has 2 nitrogen and oxygen atoms in total. The van der Waals surface area contributed by atoms with Crippen LogP contribution in [0.15, 0.2) is 0 Å². The Morgan fingerprint density at radius 1 is 1.20 bits per heavy atom. The van der Waals surface area contributed by atoms with E-state index in [2.05, 4.69) is 25.7 Å². The molecule has 0 aromatic carbocycles. The quantitative estimate of drug-likeness (QED) is 0.662. The summed E-state index contributed by atoms with van der Waals surface area (Å²) in [6, 6.07) is 0.351. The van der Waals surface area contributed by atoms with Gasteiger partial charge in [-0.25, -0.2) is 8.78 Å². The molecule has 0 saturated carbocycles. The SMILES string of the molecule is CC(C)(C)N1CC[C@H](N2CC(F)(F)C2)C1. The van der Waals surface area contributed by atoms with Crippen LogP contribution >= 0.6 is 0 Å². The van der Waals surface area contributed by atoms with Crippen LogP contribution < -0.4 is 0 Å². The van der Waals surface area contributed by atoms with Crippen LogP contribution in [0.1, 0.15) is 27.2 Å². The van der Waals surface area contributed by atoms with Crippen molar-refractivity contribution in [2.45, 2.75) is 44.7 Å². The van der Waals surface area contributed by atoms with Gasteiger partial charge in [0.2, 0.25) is 0 Å². The van der Waals surface area contributed by atoms with Crippen molar-refractivity contribution in [3.8, 4) is 0 Å². The molecular formula is C11H20F2N2. The summed E-state index contributed by atoms with van der Waals surface area (Å²) in [5.41, 5.74) is 0.169. The van der Waals surface area contributed by atoms with E-state index in [1.165, 1.54) is 0 Å². The largest absolute Gasteiger partial charge is 0.297 e. The van der Waals surface area contributed by atoms with Crippen LogP contribution in [-0.4, -0.2) is 53.5 Å². The van der Waals surface area contributed by atoms with E-state index in [-0.39, 0.29) is 18.6 Å². The van der Waals surface area contributed by atoms with Crippen molar-refractivity contribution in [2.24, 2.45) is 0 Å². The zero-order chi connectivity index (χ0) is 11.3. The van der Waals surface area contributed by atoms with Gasteiger partial charge in [0, 0.05) is 24.7 Å². The fraction of sp³-hybridized carbons (Fsp3) is 1.00. The topological polar surface area (TPSA) is 6.48 Å². The van der Waals surface area contributed by atoms with Crippen molar-refractivity contribution in [2.75, 3.05) is 26.2 Å². The second kappa shape index (κ2) is 3.39. The first kappa shape index (κ1) is 11.3. The minimum Gasteiger partial charge on any atom is -0.297 e. The zero-order valence-electron chi connectivity index (χ0n) is 9.76. The first-order valence-corrected chi connectivity index (χ1v) is 5.65. The predicted molar refractivity (Wildman–Crippen MR) is 56.3 cm³/mol. The molecular weight excluding hydrogens is 198 g/mol. The van der Waals surface area contributed by atoms with Crippen molar-refractivity contribution in [3.05, 3.63) is 0 Å². The van der Waals surface area contributed by atoms with Gasteiger partial charge < -0.3 is 0 Å². The lowest BCUT2D eigenvalue weighted by molar-refractivity contribution is -0.144. The van der Waals surface area contributed by atoms with Gasteiger partial charge in [-0.3, -0.25) is 9.80 Å². The summed E-state index contributed by atoms with van der Waals surface area (Å²) in [5, 5.41) is 0. The Hall–Kier alpha value is -0.220. The number of likely N-dealkylation sites (tertiary alicyclic amines) is 2. The summed E-state index contributed by atoms with van der Waals surface area (Å²) in [6.07, 6.45) is 1.04. The highest BCUT2D eigenvalue weighted by atomic mass is 19.3. The van der Waals surface area contributed by atoms with Gasteiger partial charge in [0.15, 0.2) is 0 Å². The third-order valence-corrected chi connectivity index (χ3v) is 3.50. The van der Waals surface area contributed by atoms with Crippen LogP contribution in [0.4, 0.5) is 8.78 Å².